The topological polar surface area (TPSA) is 0 Å². The molecule has 0 unspecified atom stereocenters. The fourth-order valence-corrected chi connectivity index (χ4v) is 19.4. The van der Waals surface area contributed by atoms with Gasteiger partial charge in [0.25, 0.3) is 0 Å². The average molecular weight is 1760 g/mol. The van der Waals surface area contributed by atoms with E-state index in [1.165, 1.54) is 134 Å². The highest BCUT2D eigenvalue weighted by atomic mass is 28.3. The van der Waals surface area contributed by atoms with Crippen molar-refractivity contribution in [2.75, 3.05) is 0 Å². The highest BCUT2D eigenvalue weighted by Gasteiger charge is 2.46. The molecule has 14 aromatic rings. The number of hydrogen-bond acceptors (Lipinski definition) is 0. The number of fused-ring (bicyclic) bond motifs is 9. The van der Waals surface area contributed by atoms with Crippen LogP contribution in [0.4, 0.5) is 0 Å². The van der Waals surface area contributed by atoms with Gasteiger partial charge in [0, 0.05) is 13.5 Å². The molecule has 1 aliphatic heterocycles. The van der Waals surface area contributed by atoms with E-state index in [1.54, 1.807) is 10.4 Å². The lowest BCUT2D eigenvalue weighted by Crippen LogP contribution is -2.49. The zero-order chi connectivity index (χ0) is 96.4. The molecule has 14 aromatic carbocycles. The van der Waals surface area contributed by atoms with E-state index < -0.39 is 16.1 Å². The van der Waals surface area contributed by atoms with Gasteiger partial charge in [-0.25, -0.2) is 0 Å². The third kappa shape index (κ3) is 31.5. The maximum atomic E-state index is 2.68. The van der Waals surface area contributed by atoms with Crippen molar-refractivity contribution in [2.45, 2.75) is 234 Å². The predicted octanol–water partition coefficient (Wildman–Crippen LogP) is 35.9. The molecule has 0 atom stereocenters. The van der Waals surface area contributed by atoms with Crippen LogP contribution in [0.15, 0.2) is 370 Å². The van der Waals surface area contributed by atoms with Crippen LogP contribution in [0.25, 0.3) is 51.6 Å². The van der Waals surface area contributed by atoms with Gasteiger partial charge in [-0.2, -0.15) is 0 Å². The molecule has 0 bridgehead atoms. The molecule has 0 N–H and O–H groups in total. The predicted molar refractivity (Wildman–Crippen MR) is 590 cm³/mol. The van der Waals surface area contributed by atoms with E-state index in [-0.39, 0.29) is 16.2 Å². The maximum absolute atomic E-state index is 2.68. The molecule has 0 saturated carbocycles. The summed E-state index contributed by atoms with van der Waals surface area (Å²) in [7, 11) is -1.99. The Labute approximate surface area is 798 Å². The minimum absolute atomic E-state index is 0.0233. The second-order valence-electron chi connectivity index (χ2n) is 41.7. The summed E-state index contributed by atoms with van der Waals surface area (Å²) in [4.78, 5) is 0. The van der Waals surface area contributed by atoms with Crippen LogP contribution in [0.2, 0.25) is 39.3 Å². The van der Waals surface area contributed by atoms with Gasteiger partial charge >= 0.3 is 0 Å². The molecule has 1 heterocycles. The lowest BCUT2D eigenvalue weighted by Gasteiger charge is -2.43. The van der Waals surface area contributed by atoms with E-state index in [0.29, 0.717) is 16.2 Å². The summed E-state index contributed by atoms with van der Waals surface area (Å²) in [6.45, 7) is 66.1. The molecule has 0 aromatic heterocycles. The highest BCUT2D eigenvalue weighted by molar-refractivity contribution is 7.03. The van der Waals surface area contributed by atoms with Crippen LogP contribution in [-0.2, 0) is 28.1 Å². The molecule has 17 rings (SSSR count). The van der Waals surface area contributed by atoms with E-state index in [1.807, 2.05) is 52.8 Å². The van der Waals surface area contributed by atoms with Crippen molar-refractivity contribution in [3.63, 3.8) is 0 Å². The van der Waals surface area contributed by atoms with Crippen molar-refractivity contribution in [3.05, 3.63) is 470 Å². The first-order valence-electron chi connectivity index (χ1n) is 47.3. The third-order valence-corrected chi connectivity index (χ3v) is 26.9. The number of rotatable bonds is 7. The van der Waals surface area contributed by atoms with Crippen LogP contribution >= 0.6 is 0 Å². The Kier molecular flexibility index (Phi) is 40.2. The Hall–Kier alpha value is -11.7. The number of hydrogen-bond donors (Lipinski definition) is 0. The molecule has 0 radical (unpaired) electrons. The molecular weight excluding hydrogens is 1610 g/mol. The second-order valence-corrected chi connectivity index (χ2v) is 52.0. The Morgan fingerprint density at radius 2 is 0.534 bits per heavy atom. The van der Waals surface area contributed by atoms with Crippen molar-refractivity contribution in [1.29, 1.82) is 0 Å². The van der Waals surface area contributed by atoms with Crippen LogP contribution in [0.5, 0.6) is 0 Å². The Morgan fingerprint density at radius 3 is 0.802 bits per heavy atom. The van der Waals surface area contributed by atoms with E-state index in [0.717, 1.165) is 6.42 Å². The van der Waals surface area contributed by atoms with Gasteiger partial charge in [0.1, 0.15) is 8.07 Å². The first-order valence-corrected chi connectivity index (χ1v) is 54.3. The maximum Gasteiger partial charge on any atom is 0.113 e. The lowest BCUT2D eigenvalue weighted by atomic mass is 9.60. The van der Waals surface area contributed by atoms with Crippen LogP contribution in [0.3, 0.4) is 0 Å². The largest absolute Gasteiger partial charge is 0.113 e. The number of allylic oxidation sites excluding steroid dienone is 3. The van der Waals surface area contributed by atoms with Gasteiger partial charge in [-0.15, -0.1) is 11.8 Å². The summed E-state index contributed by atoms with van der Waals surface area (Å²) < 4.78 is 0. The highest BCUT2D eigenvalue weighted by Crippen LogP contribution is 2.57. The van der Waals surface area contributed by atoms with Gasteiger partial charge in [0.05, 0.1) is 5.41 Å². The molecule has 3 aliphatic rings. The van der Waals surface area contributed by atoms with E-state index in [9.17, 15) is 0 Å². The average Bonchev–Trinajstić information content (AvgIpc) is 1.53. The number of aryl methyl sites for hydroxylation is 5. The van der Waals surface area contributed by atoms with E-state index in [4.69, 9.17) is 0 Å². The van der Waals surface area contributed by atoms with Crippen molar-refractivity contribution in [1.82, 2.24) is 0 Å². The zero-order valence-electron chi connectivity index (χ0n) is 85.7. The van der Waals surface area contributed by atoms with E-state index in [2.05, 4.69) is 553 Å². The molecular formula is C129H156Si2. The first kappa shape index (κ1) is 106. The normalized spacial score (nSPS) is 12.4. The minimum Gasteiger partial charge on any atom is -0.107 e. The lowest BCUT2D eigenvalue weighted by molar-refractivity contribution is 0.249. The van der Waals surface area contributed by atoms with Gasteiger partial charge < -0.3 is 0 Å². The van der Waals surface area contributed by atoms with Gasteiger partial charge in [-0.3, -0.25) is 0 Å². The molecule has 0 nitrogen and oxygen atoms in total. The van der Waals surface area contributed by atoms with E-state index >= 15 is 0 Å². The second kappa shape index (κ2) is 49.5. The quantitative estimate of drug-likeness (QED) is 0.110. The van der Waals surface area contributed by atoms with Crippen molar-refractivity contribution in [3.8, 4) is 45.2 Å². The molecule has 2 heteroatoms. The third-order valence-electron chi connectivity index (χ3n) is 23.4. The monoisotopic (exact) mass is 1760 g/mol. The van der Waals surface area contributed by atoms with Crippen LogP contribution in [0.1, 0.15) is 232 Å². The van der Waals surface area contributed by atoms with Crippen LogP contribution < -0.4 is 10.4 Å². The molecule has 2 aliphatic carbocycles. The van der Waals surface area contributed by atoms with Gasteiger partial charge in [0.2, 0.25) is 0 Å². The van der Waals surface area contributed by atoms with Crippen LogP contribution in [-0.4, -0.2) is 16.1 Å². The molecule has 0 spiro atoms. The van der Waals surface area contributed by atoms with Crippen LogP contribution in [0, 0.1) is 57.3 Å². The summed E-state index contributed by atoms with van der Waals surface area (Å²) in [6.07, 6.45) is 13.5. The first-order chi connectivity index (χ1) is 61.9. The molecule has 131 heavy (non-hydrogen) atoms. The molecule has 0 amide bonds. The van der Waals surface area contributed by atoms with Gasteiger partial charge in [-0.05, 0) is 213 Å². The Balaban J connectivity index is 0.000000205. The summed E-state index contributed by atoms with van der Waals surface area (Å²) in [5, 5.41) is 3.18. The standard InChI is InChI=1S/C27H22.C18H22.C15H14.C14H14Si.C12H14.2C10H14.C10H12.C5H12.C4H12Si.C4H6/c1-19-13-15-23-24-16-14-20(2)18-26(24)27(25(23)17-19,21-9-5-3-6-10-21)22-11-7-4-8-12-22;1-17(2,3)18(4,15-11-7-5-8-12-15)16-13-9-6-10-14-16;1-10-3-5-14-12(7-10)9-13-8-11(2)4-6-15(13)14;1-15(2)13-9-5-3-7-11(13)12-8-4-6-10-14(12)15;1-3-5-11-7-9-12(6-4-2)10-8-11;2*1-10(2,3)9-7-5-4-6-8-9;1-3-4-10-7-5-9(2)6-8-10;2*1-5(2,3)4;1-3-4-2/h3-18H,1-2H3;5-14H,1-4H3;3-8H,9H2,1-2H3;3-10H,1-2H3;3-10H,1-2H3;2*4-8H,1-3H3;3-8H,1-2H3;2*1-4H3;1-2H3/b;;;;5-3+,6-4+;;;4-3+;;;. The molecule has 680 valence electrons. The smallest absolute Gasteiger partial charge is 0.107 e. The van der Waals surface area contributed by atoms with Gasteiger partial charge in [0.15, 0.2) is 0 Å². The fraction of sp³-hybridized carbons (Fsp3) is 0.287. The number of benzene rings is 14. The minimum atomic E-state index is -1.38. The molecule has 0 saturated heterocycles. The molecule has 0 fully saturated rings. The SMILES string of the molecule is C/C=C/c1ccc(/C=C/C)cc1.C/C=C/c1ccc(C)cc1.CC#CC.CC(C)(C)C.CC(C)(C)C(C)(c1ccccc1)c1ccccc1.CC(C)(C)c1ccccc1.CC(C)(C)c1ccccc1.C[Si](C)(C)C.C[Si]1(C)c2ccccc2-c2ccccc21.Cc1ccc2c(c1)C(c1ccccc1)(c1ccccc1)c1cc(C)ccc1-2.Cc1ccc2c(c1)Cc1cc(C)ccc1-2. The summed E-state index contributed by atoms with van der Waals surface area (Å²) in [5.74, 6) is 5.36. The Morgan fingerprint density at radius 1 is 0.290 bits per heavy atom. The van der Waals surface area contributed by atoms with Crippen molar-refractivity contribution >= 4 is 44.7 Å². The summed E-state index contributed by atoms with van der Waals surface area (Å²) in [5.41, 5.74) is 33.8. The van der Waals surface area contributed by atoms with Crippen molar-refractivity contribution in [2.24, 2.45) is 10.8 Å². The summed E-state index contributed by atoms with van der Waals surface area (Å²) in [6, 6.07) is 127. The fourth-order valence-electron chi connectivity index (χ4n) is 16.3. The summed E-state index contributed by atoms with van der Waals surface area (Å²) >= 11 is 0. The van der Waals surface area contributed by atoms with Gasteiger partial charge in [-0.1, -0.05) is 552 Å². The Bertz CT molecular complexity index is 5590. The van der Waals surface area contributed by atoms with Crippen molar-refractivity contribution < 1.29 is 0 Å². The zero-order valence-corrected chi connectivity index (χ0v) is 87.7.